The highest BCUT2D eigenvalue weighted by Gasteiger charge is 2.35. The van der Waals surface area contributed by atoms with Crippen LogP contribution in [0.5, 0.6) is 0 Å². The highest BCUT2D eigenvalue weighted by Crippen LogP contribution is 2.28. The Kier molecular flexibility index (Phi) is 11.5. The molecular formula is C32H37Cl2N3O4S2. The van der Waals surface area contributed by atoms with Crippen molar-refractivity contribution in [2.24, 2.45) is 0 Å². The standard InChI is InChI=1S/C32H37Cl2N3O4S2/c1-4-30(32(39)35-25-7-5-6-8-25)36(20-23-11-12-24(33)19-29(23)34)31(38)21-37(26-13-9-22(2)10-14-26)43(40,41)28-17-15-27(42-3)16-18-28/h9-19,25,30H,4-8,20-21H2,1-3H3,(H,35,39). The van der Waals surface area contributed by atoms with Crippen LogP contribution in [-0.4, -0.2) is 50.0 Å². The zero-order chi connectivity index (χ0) is 31.1. The molecule has 0 aliphatic heterocycles. The number of amides is 2. The first-order valence-corrected chi connectivity index (χ1v) is 17.7. The summed E-state index contributed by atoms with van der Waals surface area (Å²) in [7, 11) is -4.15. The third kappa shape index (κ3) is 8.26. The number of aryl methyl sites for hydroxylation is 1. The maximum absolute atomic E-state index is 14.3. The number of halogens is 2. The van der Waals surface area contributed by atoms with Crippen molar-refractivity contribution in [2.45, 2.75) is 74.4 Å². The monoisotopic (exact) mass is 661 g/mol. The molecule has 1 aliphatic rings. The van der Waals surface area contributed by atoms with Gasteiger partial charge in [0.25, 0.3) is 10.0 Å². The SMILES string of the molecule is CCC(C(=O)NC1CCCC1)N(Cc1ccc(Cl)cc1Cl)C(=O)CN(c1ccc(C)cc1)S(=O)(=O)c1ccc(SC)cc1. The molecule has 1 fully saturated rings. The molecule has 0 spiro atoms. The van der Waals surface area contributed by atoms with Crippen molar-refractivity contribution in [1.29, 1.82) is 0 Å². The normalized spacial score (nSPS) is 14.3. The van der Waals surface area contributed by atoms with Crippen molar-refractivity contribution in [1.82, 2.24) is 10.2 Å². The molecule has 1 atom stereocenters. The number of benzene rings is 3. The Bertz CT molecular complexity index is 1530. The van der Waals surface area contributed by atoms with Crippen LogP contribution >= 0.6 is 35.0 Å². The fourth-order valence-corrected chi connectivity index (χ4v) is 7.53. The number of nitrogens with zero attached hydrogens (tertiary/aromatic N) is 2. The van der Waals surface area contributed by atoms with E-state index in [0.717, 1.165) is 40.4 Å². The van der Waals surface area contributed by atoms with Gasteiger partial charge < -0.3 is 10.2 Å². The average molecular weight is 663 g/mol. The van der Waals surface area contributed by atoms with Gasteiger partial charge in [0.1, 0.15) is 12.6 Å². The van der Waals surface area contributed by atoms with E-state index in [0.29, 0.717) is 27.7 Å². The minimum atomic E-state index is -4.15. The molecule has 1 N–H and O–H groups in total. The number of carbonyl (C=O) groups is 2. The number of sulfonamides is 1. The van der Waals surface area contributed by atoms with Gasteiger partial charge >= 0.3 is 0 Å². The summed E-state index contributed by atoms with van der Waals surface area (Å²) in [4.78, 5) is 30.3. The van der Waals surface area contributed by atoms with E-state index in [1.807, 2.05) is 20.1 Å². The molecule has 7 nitrogen and oxygen atoms in total. The Morgan fingerprint density at radius 2 is 1.65 bits per heavy atom. The van der Waals surface area contributed by atoms with Crippen molar-refractivity contribution < 1.29 is 18.0 Å². The number of hydrogen-bond donors (Lipinski definition) is 1. The molecule has 3 aromatic carbocycles. The number of nitrogens with one attached hydrogen (secondary N) is 1. The lowest BCUT2D eigenvalue weighted by Gasteiger charge is -2.34. The van der Waals surface area contributed by atoms with Crippen LogP contribution < -0.4 is 9.62 Å². The predicted molar refractivity (Wildman–Crippen MR) is 175 cm³/mol. The van der Waals surface area contributed by atoms with E-state index >= 15 is 0 Å². The summed E-state index contributed by atoms with van der Waals surface area (Å²) in [5.41, 5.74) is 1.90. The minimum absolute atomic E-state index is 0.00956. The number of hydrogen-bond acceptors (Lipinski definition) is 5. The summed E-state index contributed by atoms with van der Waals surface area (Å²) >= 11 is 14.1. The Hall–Kier alpha value is -2.72. The summed E-state index contributed by atoms with van der Waals surface area (Å²) in [6.07, 6.45) is 6.14. The Labute approximate surface area is 269 Å². The van der Waals surface area contributed by atoms with Gasteiger partial charge in [0.05, 0.1) is 10.6 Å². The van der Waals surface area contributed by atoms with Crippen molar-refractivity contribution >= 4 is 62.5 Å². The minimum Gasteiger partial charge on any atom is -0.352 e. The van der Waals surface area contributed by atoms with Gasteiger partial charge in [-0.2, -0.15) is 0 Å². The molecule has 4 rings (SSSR count). The zero-order valence-electron chi connectivity index (χ0n) is 24.6. The number of rotatable bonds is 12. The average Bonchev–Trinajstić information content (AvgIpc) is 3.50. The molecule has 1 unspecified atom stereocenters. The largest absolute Gasteiger partial charge is 0.352 e. The van der Waals surface area contributed by atoms with Crippen molar-refractivity contribution in [3.63, 3.8) is 0 Å². The Morgan fingerprint density at radius 3 is 2.23 bits per heavy atom. The lowest BCUT2D eigenvalue weighted by atomic mass is 10.1. The van der Waals surface area contributed by atoms with Crippen molar-refractivity contribution in [2.75, 3.05) is 17.1 Å². The molecule has 0 saturated heterocycles. The number of carbonyl (C=O) groups excluding carboxylic acids is 2. The smallest absolute Gasteiger partial charge is 0.264 e. The van der Waals surface area contributed by atoms with Gasteiger partial charge in [-0.25, -0.2) is 8.42 Å². The fourth-order valence-electron chi connectivity index (χ4n) is 5.24. The quantitative estimate of drug-likeness (QED) is 0.210. The molecular weight excluding hydrogens is 625 g/mol. The molecule has 0 heterocycles. The molecule has 0 aromatic heterocycles. The lowest BCUT2D eigenvalue weighted by Crippen LogP contribution is -2.53. The third-order valence-electron chi connectivity index (χ3n) is 7.69. The first kappa shape index (κ1) is 33.2. The highest BCUT2D eigenvalue weighted by molar-refractivity contribution is 7.98. The second-order valence-electron chi connectivity index (χ2n) is 10.7. The van der Waals surface area contributed by atoms with E-state index in [1.54, 1.807) is 66.7 Å². The second-order valence-corrected chi connectivity index (χ2v) is 14.3. The van der Waals surface area contributed by atoms with Crippen LogP contribution in [0.4, 0.5) is 5.69 Å². The van der Waals surface area contributed by atoms with Crippen LogP contribution in [0.1, 0.15) is 50.2 Å². The molecule has 0 bridgehead atoms. The van der Waals surface area contributed by atoms with Crippen molar-refractivity contribution in [3.05, 3.63) is 87.9 Å². The topological polar surface area (TPSA) is 86.8 Å². The summed E-state index contributed by atoms with van der Waals surface area (Å²) < 4.78 is 29.2. The van der Waals surface area contributed by atoms with E-state index < -0.39 is 28.5 Å². The van der Waals surface area contributed by atoms with Gasteiger partial charge in [-0.15, -0.1) is 11.8 Å². The van der Waals surface area contributed by atoms with E-state index in [-0.39, 0.29) is 23.4 Å². The fraction of sp³-hybridized carbons (Fsp3) is 0.375. The first-order chi connectivity index (χ1) is 20.5. The molecule has 1 aliphatic carbocycles. The molecule has 3 aromatic rings. The first-order valence-electron chi connectivity index (χ1n) is 14.3. The van der Waals surface area contributed by atoms with E-state index in [2.05, 4.69) is 5.32 Å². The summed E-state index contributed by atoms with van der Waals surface area (Å²) in [6, 6.07) is 17.7. The van der Waals surface area contributed by atoms with Crippen molar-refractivity contribution in [3.8, 4) is 0 Å². The molecule has 43 heavy (non-hydrogen) atoms. The second kappa shape index (κ2) is 14.8. The van der Waals surface area contributed by atoms with Crippen LogP contribution in [0, 0.1) is 6.92 Å². The Balaban J connectivity index is 1.73. The molecule has 2 amide bonds. The maximum Gasteiger partial charge on any atom is 0.264 e. The molecule has 230 valence electrons. The highest BCUT2D eigenvalue weighted by atomic mass is 35.5. The summed E-state index contributed by atoms with van der Waals surface area (Å²) in [5, 5.41) is 3.91. The maximum atomic E-state index is 14.3. The predicted octanol–water partition coefficient (Wildman–Crippen LogP) is 7.09. The number of thioether (sulfide) groups is 1. The third-order valence-corrected chi connectivity index (χ3v) is 10.8. The van der Waals surface area contributed by atoms with E-state index in [9.17, 15) is 18.0 Å². The summed E-state index contributed by atoms with van der Waals surface area (Å²) in [6.45, 7) is 3.25. The van der Waals surface area contributed by atoms with Crippen LogP contribution in [-0.2, 0) is 26.2 Å². The number of anilines is 1. The molecule has 0 radical (unpaired) electrons. The zero-order valence-corrected chi connectivity index (χ0v) is 27.7. The van der Waals surface area contributed by atoms with Gasteiger partial charge in [0, 0.05) is 27.5 Å². The van der Waals surface area contributed by atoms with E-state index in [1.165, 1.54) is 16.7 Å². The van der Waals surface area contributed by atoms with Crippen LogP contribution in [0.25, 0.3) is 0 Å². The van der Waals surface area contributed by atoms with Crippen LogP contribution in [0.3, 0.4) is 0 Å². The van der Waals surface area contributed by atoms with Gasteiger partial charge in [-0.05, 0) is 86.5 Å². The van der Waals surface area contributed by atoms with E-state index in [4.69, 9.17) is 23.2 Å². The van der Waals surface area contributed by atoms with Gasteiger partial charge in [0.2, 0.25) is 11.8 Å². The van der Waals surface area contributed by atoms with Crippen LogP contribution in [0.2, 0.25) is 10.0 Å². The molecule has 1 saturated carbocycles. The Morgan fingerprint density at radius 1 is 1.00 bits per heavy atom. The van der Waals surface area contributed by atoms with Gasteiger partial charge in [-0.1, -0.05) is 66.7 Å². The molecule has 11 heteroatoms. The van der Waals surface area contributed by atoms with Gasteiger partial charge in [-0.3, -0.25) is 13.9 Å². The summed E-state index contributed by atoms with van der Waals surface area (Å²) in [5.74, 6) is -0.783. The lowest BCUT2D eigenvalue weighted by molar-refractivity contribution is -0.140. The van der Waals surface area contributed by atoms with Crippen LogP contribution in [0.15, 0.2) is 76.5 Å². The van der Waals surface area contributed by atoms with Gasteiger partial charge in [0.15, 0.2) is 0 Å².